The van der Waals surface area contributed by atoms with E-state index in [1.807, 2.05) is 60.7 Å². The minimum atomic E-state index is -0.184. The maximum absolute atomic E-state index is 12.5. The monoisotopic (exact) mass is 360 g/mol. The number of hydrogen-bond donors (Lipinski definition) is 1. The number of hydrogen-bond acceptors (Lipinski definition) is 3. The number of carbonyl (C=O) groups is 2. The van der Waals surface area contributed by atoms with E-state index in [0.717, 1.165) is 23.4 Å². The van der Waals surface area contributed by atoms with Gasteiger partial charge in [0.25, 0.3) is 0 Å². The van der Waals surface area contributed by atoms with Crippen molar-refractivity contribution >= 4 is 23.2 Å². The fourth-order valence-electron chi connectivity index (χ4n) is 3.27. The molecule has 1 aliphatic heterocycles. The van der Waals surface area contributed by atoms with Gasteiger partial charge in [-0.15, -0.1) is 0 Å². The fraction of sp³-hybridized carbons (Fsp3) is 0.190. The molecule has 2 aromatic carbocycles. The van der Waals surface area contributed by atoms with Gasteiger partial charge in [-0.1, -0.05) is 42.5 Å². The number of carbonyl (C=O) groups excluding carboxylic acids is 2. The Labute approximate surface area is 157 Å². The van der Waals surface area contributed by atoms with Crippen molar-refractivity contribution in [3.05, 3.63) is 66.9 Å². The molecule has 6 nitrogen and oxygen atoms in total. The Morgan fingerprint density at radius 3 is 2.59 bits per heavy atom. The highest BCUT2D eigenvalue weighted by Gasteiger charge is 2.24. The van der Waals surface area contributed by atoms with E-state index in [1.54, 1.807) is 15.8 Å². The third kappa shape index (κ3) is 3.74. The highest BCUT2D eigenvalue weighted by Crippen LogP contribution is 2.29. The molecule has 2 amide bonds. The summed E-state index contributed by atoms with van der Waals surface area (Å²) >= 11 is 0. The second-order valence-electron chi connectivity index (χ2n) is 6.48. The Morgan fingerprint density at radius 1 is 1.04 bits per heavy atom. The molecule has 6 heteroatoms. The highest BCUT2D eigenvalue weighted by atomic mass is 16.2. The molecule has 0 atom stereocenters. The molecule has 1 fully saturated rings. The molecule has 0 radical (unpaired) electrons. The largest absolute Gasteiger partial charge is 0.323 e. The number of para-hydroxylation sites is 2. The van der Waals surface area contributed by atoms with Crippen molar-refractivity contribution in [1.82, 2.24) is 9.78 Å². The summed E-state index contributed by atoms with van der Waals surface area (Å²) in [6.07, 6.45) is 3.19. The van der Waals surface area contributed by atoms with Crippen LogP contribution in [0.25, 0.3) is 11.3 Å². The molecule has 136 valence electrons. The van der Waals surface area contributed by atoms with Crippen LogP contribution in [0.5, 0.6) is 0 Å². The van der Waals surface area contributed by atoms with Crippen LogP contribution in [0, 0.1) is 0 Å². The molecule has 2 heterocycles. The molecule has 4 rings (SSSR count). The normalized spacial score (nSPS) is 13.8. The molecule has 0 saturated carbocycles. The number of benzene rings is 2. The van der Waals surface area contributed by atoms with Crippen molar-refractivity contribution in [2.45, 2.75) is 19.4 Å². The standard InChI is InChI=1S/C21H20N4O2/c26-20(15-24-14-12-17(23-24)16-7-2-1-3-8-16)22-18-9-4-5-10-19(18)25-13-6-11-21(25)27/h1-5,7-10,12,14H,6,11,13,15H2,(H,22,26). The van der Waals surface area contributed by atoms with E-state index < -0.39 is 0 Å². The third-order valence-electron chi connectivity index (χ3n) is 4.56. The Morgan fingerprint density at radius 2 is 1.81 bits per heavy atom. The SMILES string of the molecule is O=C(Cn1ccc(-c2ccccc2)n1)Nc1ccccc1N1CCCC1=O. The van der Waals surface area contributed by atoms with Gasteiger partial charge >= 0.3 is 0 Å². The first kappa shape index (κ1) is 17.0. The van der Waals surface area contributed by atoms with Crippen LogP contribution in [0.4, 0.5) is 11.4 Å². The van der Waals surface area contributed by atoms with E-state index in [0.29, 0.717) is 18.7 Å². The average Bonchev–Trinajstić information content (AvgIpc) is 3.32. The number of nitrogens with one attached hydrogen (secondary N) is 1. The topological polar surface area (TPSA) is 67.2 Å². The lowest BCUT2D eigenvalue weighted by Crippen LogP contribution is -2.26. The summed E-state index contributed by atoms with van der Waals surface area (Å²) in [5, 5.41) is 7.38. The molecule has 27 heavy (non-hydrogen) atoms. The second-order valence-corrected chi connectivity index (χ2v) is 6.48. The predicted octanol–water partition coefficient (Wildman–Crippen LogP) is 3.32. The van der Waals surface area contributed by atoms with E-state index in [2.05, 4.69) is 10.4 Å². The van der Waals surface area contributed by atoms with Crippen molar-refractivity contribution in [2.75, 3.05) is 16.8 Å². The van der Waals surface area contributed by atoms with Gasteiger partial charge in [-0.05, 0) is 24.6 Å². The molecule has 3 aromatic rings. The van der Waals surface area contributed by atoms with Crippen LogP contribution >= 0.6 is 0 Å². The Kier molecular flexibility index (Phi) is 4.70. The summed E-state index contributed by atoms with van der Waals surface area (Å²) in [5.41, 5.74) is 3.23. The first-order valence-electron chi connectivity index (χ1n) is 8.99. The van der Waals surface area contributed by atoms with E-state index in [-0.39, 0.29) is 18.4 Å². The number of rotatable bonds is 5. The second kappa shape index (κ2) is 7.45. The lowest BCUT2D eigenvalue weighted by molar-refractivity contribution is -0.118. The molecule has 0 bridgehead atoms. The van der Waals surface area contributed by atoms with Crippen LogP contribution in [0.2, 0.25) is 0 Å². The number of aromatic nitrogens is 2. The van der Waals surface area contributed by atoms with Crippen LogP contribution < -0.4 is 10.2 Å². The van der Waals surface area contributed by atoms with Crippen LogP contribution in [0.1, 0.15) is 12.8 Å². The average molecular weight is 360 g/mol. The smallest absolute Gasteiger partial charge is 0.246 e. The van der Waals surface area contributed by atoms with E-state index in [4.69, 9.17) is 0 Å². The summed E-state index contributed by atoms with van der Waals surface area (Å²) in [6.45, 7) is 0.792. The van der Waals surface area contributed by atoms with E-state index in [9.17, 15) is 9.59 Å². The fourth-order valence-corrected chi connectivity index (χ4v) is 3.27. The summed E-state index contributed by atoms with van der Waals surface area (Å²) in [7, 11) is 0. The zero-order valence-corrected chi connectivity index (χ0v) is 14.8. The molecule has 1 aliphatic rings. The van der Waals surface area contributed by atoms with Gasteiger partial charge in [0.2, 0.25) is 11.8 Å². The Hall–Kier alpha value is -3.41. The highest BCUT2D eigenvalue weighted by molar-refractivity contribution is 6.02. The zero-order valence-electron chi connectivity index (χ0n) is 14.8. The molecular formula is C21H20N4O2. The van der Waals surface area contributed by atoms with E-state index in [1.165, 1.54) is 0 Å². The quantitative estimate of drug-likeness (QED) is 0.759. The van der Waals surface area contributed by atoms with Crippen LogP contribution in [0.3, 0.4) is 0 Å². The minimum absolute atomic E-state index is 0.0938. The summed E-state index contributed by atoms with van der Waals surface area (Å²) in [5.74, 6) is -0.0897. The van der Waals surface area contributed by atoms with Gasteiger partial charge in [0.15, 0.2) is 0 Å². The van der Waals surface area contributed by atoms with Gasteiger partial charge < -0.3 is 10.2 Å². The van der Waals surface area contributed by atoms with Gasteiger partial charge in [0.1, 0.15) is 6.54 Å². The van der Waals surface area contributed by atoms with Gasteiger partial charge in [-0.25, -0.2) is 0 Å². The van der Waals surface area contributed by atoms with Gasteiger partial charge in [0, 0.05) is 24.7 Å². The van der Waals surface area contributed by atoms with Gasteiger partial charge in [-0.2, -0.15) is 5.10 Å². The van der Waals surface area contributed by atoms with Crippen LogP contribution in [0.15, 0.2) is 66.9 Å². The minimum Gasteiger partial charge on any atom is -0.323 e. The molecular weight excluding hydrogens is 340 g/mol. The summed E-state index contributed by atoms with van der Waals surface area (Å²) < 4.78 is 1.61. The lowest BCUT2D eigenvalue weighted by Gasteiger charge is -2.20. The maximum atomic E-state index is 12.5. The zero-order chi connectivity index (χ0) is 18.6. The third-order valence-corrected chi connectivity index (χ3v) is 4.56. The van der Waals surface area contributed by atoms with E-state index >= 15 is 0 Å². The van der Waals surface area contributed by atoms with Crippen molar-refractivity contribution in [1.29, 1.82) is 0 Å². The Balaban J connectivity index is 1.46. The van der Waals surface area contributed by atoms with Gasteiger partial charge in [0.05, 0.1) is 17.1 Å². The molecule has 0 aliphatic carbocycles. The van der Waals surface area contributed by atoms with Crippen molar-refractivity contribution in [2.24, 2.45) is 0 Å². The molecule has 1 N–H and O–H groups in total. The lowest BCUT2D eigenvalue weighted by atomic mass is 10.2. The number of anilines is 2. The number of nitrogens with zero attached hydrogens (tertiary/aromatic N) is 3. The summed E-state index contributed by atoms with van der Waals surface area (Å²) in [6, 6.07) is 19.1. The van der Waals surface area contributed by atoms with Crippen molar-refractivity contribution in [3.63, 3.8) is 0 Å². The van der Waals surface area contributed by atoms with Crippen molar-refractivity contribution in [3.8, 4) is 11.3 Å². The first-order valence-corrected chi connectivity index (χ1v) is 8.99. The van der Waals surface area contributed by atoms with Gasteiger partial charge in [-0.3, -0.25) is 14.3 Å². The van der Waals surface area contributed by atoms with Crippen LogP contribution in [-0.2, 0) is 16.1 Å². The molecule has 1 saturated heterocycles. The number of amides is 2. The molecule has 1 aromatic heterocycles. The molecule has 0 spiro atoms. The van der Waals surface area contributed by atoms with Crippen LogP contribution in [-0.4, -0.2) is 28.1 Å². The summed E-state index contributed by atoms with van der Waals surface area (Å²) in [4.78, 5) is 26.3. The molecule has 0 unspecified atom stereocenters. The van der Waals surface area contributed by atoms with Crippen molar-refractivity contribution < 1.29 is 9.59 Å². The predicted molar refractivity (Wildman–Crippen MR) is 104 cm³/mol. The Bertz CT molecular complexity index is 965. The first-order chi connectivity index (χ1) is 13.2. The maximum Gasteiger partial charge on any atom is 0.246 e.